The Morgan fingerprint density at radius 3 is 2.93 bits per heavy atom. The lowest BCUT2D eigenvalue weighted by Gasteiger charge is -2.16. The van der Waals surface area contributed by atoms with Gasteiger partial charge in [0.25, 0.3) is 0 Å². The molecule has 1 heterocycles. The number of amides is 1. The highest BCUT2D eigenvalue weighted by molar-refractivity contribution is 5.77. The van der Waals surface area contributed by atoms with E-state index >= 15 is 0 Å². The van der Waals surface area contributed by atoms with Crippen molar-refractivity contribution in [2.45, 2.75) is 19.9 Å². The van der Waals surface area contributed by atoms with Gasteiger partial charge in [-0.3, -0.25) is 10.1 Å². The van der Waals surface area contributed by atoms with Gasteiger partial charge in [0, 0.05) is 13.6 Å². The third kappa shape index (κ3) is 3.40. The van der Waals surface area contributed by atoms with Crippen molar-refractivity contribution in [3.63, 3.8) is 0 Å². The lowest BCUT2D eigenvalue weighted by Crippen LogP contribution is -2.36. The smallest absolute Gasteiger partial charge is 0.236 e. The number of furan rings is 1. The second kappa shape index (κ2) is 5.56. The molecule has 0 aliphatic carbocycles. The molecular weight excluding hydrogens is 192 g/mol. The maximum Gasteiger partial charge on any atom is 0.236 e. The van der Waals surface area contributed by atoms with Gasteiger partial charge >= 0.3 is 0 Å². The molecule has 1 aromatic heterocycles. The molecule has 0 aliphatic heterocycles. The van der Waals surface area contributed by atoms with Crippen molar-refractivity contribution in [3.8, 4) is 0 Å². The zero-order chi connectivity index (χ0) is 11.3. The molecule has 0 saturated carbocycles. The predicted octanol–water partition coefficient (Wildman–Crippen LogP) is 1.41. The molecule has 4 nitrogen and oxygen atoms in total. The number of hydrogen-bond acceptors (Lipinski definition) is 3. The van der Waals surface area contributed by atoms with Crippen molar-refractivity contribution >= 4 is 5.91 Å². The van der Waals surface area contributed by atoms with Crippen molar-refractivity contribution < 1.29 is 9.21 Å². The molecular formula is C11H18N2O2. The molecule has 1 aromatic rings. The Kier molecular flexibility index (Phi) is 4.37. The molecule has 0 aliphatic rings. The molecule has 0 spiro atoms. The van der Waals surface area contributed by atoms with E-state index in [2.05, 4.69) is 5.32 Å². The van der Waals surface area contributed by atoms with E-state index in [4.69, 9.17) is 4.42 Å². The molecule has 0 unspecified atom stereocenters. The van der Waals surface area contributed by atoms with Crippen LogP contribution in [-0.2, 0) is 4.79 Å². The van der Waals surface area contributed by atoms with Gasteiger partial charge in [-0.15, -0.1) is 0 Å². The molecule has 15 heavy (non-hydrogen) atoms. The SMILES string of the molecule is CCN(C)C(=O)CN[C@@H](C)c1ccco1. The van der Waals surface area contributed by atoms with E-state index in [1.165, 1.54) is 0 Å². The average molecular weight is 210 g/mol. The summed E-state index contributed by atoms with van der Waals surface area (Å²) in [5.74, 6) is 0.942. The molecule has 0 fully saturated rings. The largest absolute Gasteiger partial charge is 0.468 e. The molecule has 1 atom stereocenters. The maximum absolute atomic E-state index is 11.5. The summed E-state index contributed by atoms with van der Waals surface area (Å²) in [4.78, 5) is 13.2. The van der Waals surface area contributed by atoms with Crippen LogP contribution in [0.15, 0.2) is 22.8 Å². The number of hydrogen-bond donors (Lipinski definition) is 1. The van der Waals surface area contributed by atoms with E-state index < -0.39 is 0 Å². The number of nitrogens with one attached hydrogen (secondary N) is 1. The van der Waals surface area contributed by atoms with Crippen LogP contribution >= 0.6 is 0 Å². The number of carbonyl (C=O) groups excluding carboxylic acids is 1. The maximum atomic E-state index is 11.5. The monoisotopic (exact) mass is 210 g/mol. The fourth-order valence-electron chi connectivity index (χ4n) is 1.19. The molecule has 1 amide bonds. The van der Waals surface area contributed by atoms with E-state index in [1.807, 2.05) is 26.0 Å². The van der Waals surface area contributed by atoms with Crippen molar-refractivity contribution in [1.29, 1.82) is 0 Å². The lowest BCUT2D eigenvalue weighted by molar-refractivity contribution is -0.128. The second-order valence-electron chi connectivity index (χ2n) is 3.53. The van der Waals surface area contributed by atoms with Crippen LogP contribution in [0.1, 0.15) is 25.6 Å². The molecule has 1 rings (SSSR count). The van der Waals surface area contributed by atoms with Crippen LogP contribution in [0.25, 0.3) is 0 Å². The average Bonchev–Trinajstić information content (AvgIpc) is 2.77. The second-order valence-corrected chi connectivity index (χ2v) is 3.53. The van der Waals surface area contributed by atoms with Crippen LogP contribution in [0.3, 0.4) is 0 Å². The molecule has 0 radical (unpaired) electrons. The Morgan fingerprint density at radius 1 is 1.67 bits per heavy atom. The quantitative estimate of drug-likeness (QED) is 0.799. The van der Waals surface area contributed by atoms with Gasteiger partial charge in [-0.25, -0.2) is 0 Å². The fraction of sp³-hybridized carbons (Fsp3) is 0.545. The highest BCUT2D eigenvalue weighted by atomic mass is 16.3. The summed E-state index contributed by atoms with van der Waals surface area (Å²) >= 11 is 0. The zero-order valence-corrected chi connectivity index (χ0v) is 9.49. The zero-order valence-electron chi connectivity index (χ0n) is 9.49. The normalized spacial score (nSPS) is 12.5. The molecule has 4 heteroatoms. The Bertz CT molecular complexity index is 296. The Morgan fingerprint density at radius 2 is 2.40 bits per heavy atom. The van der Waals surface area contributed by atoms with E-state index in [1.54, 1.807) is 18.2 Å². The first-order chi connectivity index (χ1) is 7.15. The van der Waals surface area contributed by atoms with Crippen molar-refractivity contribution in [2.75, 3.05) is 20.1 Å². The highest BCUT2D eigenvalue weighted by Gasteiger charge is 2.11. The number of rotatable bonds is 5. The fourth-order valence-corrected chi connectivity index (χ4v) is 1.19. The molecule has 84 valence electrons. The minimum atomic E-state index is 0.0641. The Balaban J connectivity index is 2.34. The number of likely N-dealkylation sites (N-methyl/N-ethyl adjacent to an activating group) is 1. The Hall–Kier alpha value is -1.29. The highest BCUT2D eigenvalue weighted by Crippen LogP contribution is 2.11. The summed E-state index contributed by atoms with van der Waals surface area (Å²) in [6, 6.07) is 3.80. The first-order valence-corrected chi connectivity index (χ1v) is 5.16. The van der Waals surface area contributed by atoms with E-state index in [-0.39, 0.29) is 11.9 Å². The third-order valence-corrected chi connectivity index (χ3v) is 2.43. The summed E-state index contributed by atoms with van der Waals surface area (Å²) in [6.45, 7) is 4.99. The van der Waals surface area contributed by atoms with Gasteiger partial charge in [0.1, 0.15) is 5.76 Å². The summed E-state index contributed by atoms with van der Waals surface area (Å²) in [6.07, 6.45) is 1.63. The lowest BCUT2D eigenvalue weighted by atomic mass is 10.2. The van der Waals surface area contributed by atoms with Gasteiger partial charge in [-0.2, -0.15) is 0 Å². The molecule has 1 N–H and O–H groups in total. The standard InChI is InChI=1S/C11H18N2O2/c1-4-13(3)11(14)8-12-9(2)10-6-5-7-15-10/h5-7,9,12H,4,8H2,1-3H3/t9-/m0/s1. The van der Waals surface area contributed by atoms with Gasteiger partial charge in [0.2, 0.25) is 5.91 Å². The topological polar surface area (TPSA) is 45.5 Å². The summed E-state index contributed by atoms with van der Waals surface area (Å²) in [7, 11) is 1.79. The van der Waals surface area contributed by atoms with Crippen LogP contribution in [0.4, 0.5) is 0 Å². The van der Waals surface area contributed by atoms with E-state index in [0.717, 1.165) is 12.3 Å². The van der Waals surface area contributed by atoms with E-state index in [0.29, 0.717) is 6.54 Å². The molecule has 0 aromatic carbocycles. The van der Waals surface area contributed by atoms with Crippen molar-refractivity contribution in [3.05, 3.63) is 24.2 Å². The van der Waals surface area contributed by atoms with Crippen molar-refractivity contribution in [1.82, 2.24) is 10.2 Å². The van der Waals surface area contributed by atoms with Gasteiger partial charge in [-0.05, 0) is 26.0 Å². The molecule has 0 bridgehead atoms. The van der Waals surface area contributed by atoms with Gasteiger partial charge < -0.3 is 9.32 Å². The third-order valence-electron chi connectivity index (χ3n) is 2.43. The number of nitrogens with zero attached hydrogens (tertiary/aromatic N) is 1. The summed E-state index contributed by atoms with van der Waals surface area (Å²) in [5, 5.41) is 3.12. The molecule has 0 saturated heterocycles. The van der Waals surface area contributed by atoms with Gasteiger partial charge in [0.15, 0.2) is 0 Å². The summed E-state index contributed by atoms with van der Waals surface area (Å²) in [5.41, 5.74) is 0. The van der Waals surface area contributed by atoms with Crippen LogP contribution in [-0.4, -0.2) is 30.9 Å². The van der Waals surface area contributed by atoms with Gasteiger partial charge in [0.05, 0.1) is 18.8 Å². The first kappa shape index (κ1) is 11.8. The van der Waals surface area contributed by atoms with Crippen LogP contribution in [0.5, 0.6) is 0 Å². The predicted molar refractivity (Wildman–Crippen MR) is 58.4 cm³/mol. The number of carbonyl (C=O) groups is 1. The summed E-state index contributed by atoms with van der Waals surface area (Å²) < 4.78 is 5.23. The van der Waals surface area contributed by atoms with Crippen molar-refractivity contribution in [2.24, 2.45) is 0 Å². The van der Waals surface area contributed by atoms with Crippen LogP contribution in [0, 0.1) is 0 Å². The van der Waals surface area contributed by atoms with Crippen LogP contribution < -0.4 is 5.32 Å². The minimum absolute atomic E-state index is 0.0641. The van der Waals surface area contributed by atoms with E-state index in [9.17, 15) is 4.79 Å². The first-order valence-electron chi connectivity index (χ1n) is 5.16. The van der Waals surface area contributed by atoms with Crippen LogP contribution in [0.2, 0.25) is 0 Å². The van der Waals surface area contributed by atoms with Gasteiger partial charge in [-0.1, -0.05) is 0 Å². The Labute approximate surface area is 90.3 Å². The minimum Gasteiger partial charge on any atom is -0.468 e.